The van der Waals surface area contributed by atoms with Crippen LogP contribution in [-0.4, -0.2) is 32.1 Å². The molecule has 0 atom stereocenters. The highest BCUT2D eigenvalue weighted by atomic mass is 35.5. The Hall–Kier alpha value is -3.20. The van der Waals surface area contributed by atoms with Crippen molar-refractivity contribution in [1.82, 2.24) is 19.7 Å². The van der Waals surface area contributed by atoms with Crippen molar-refractivity contribution < 1.29 is 9.32 Å². The molecule has 10 heteroatoms. The van der Waals surface area contributed by atoms with E-state index in [4.69, 9.17) is 32.7 Å². The number of halogens is 2. The zero-order chi connectivity index (χ0) is 23.7. The first kappa shape index (κ1) is 22.6. The van der Waals surface area contributed by atoms with E-state index in [1.54, 1.807) is 36.5 Å². The zero-order valence-electron chi connectivity index (χ0n) is 18.1. The molecule has 0 spiro atoms. The number of hydrogen-bond acceptors (Lipinski definition) is 6. The number of aromatic nitrogens is 4. The molecule has 172 valence electrons. The molecule has 3 heterocycles. The van der Waals surface area contributed by atoms with Crippen molar-refractivity contribution in [2.45, 2.75) is 19.9 Å². The molecule has 34 heavy (non-hydrogen) atoms. The van der Waals surface area contributed by atoms with E-state index in [1.165, 1.54) is 11.3 Å². The Morgan fingerprint density at radius 2 is 1.97 bits per heavy atom. The summed E-state index contributed by atoms with van der Waals surface area (Å²) in [7, 11) is 0. The average molecular weight is 512 g/mol. The molecular formula is C24H19Cl2N5O2S. The number of nitrogens with zero attached hydrogens (tertiary/aromatic N) is 5. The van der Waals surface area contributed by atoms with Gasteiger partial charge in [-0.3, -0.25) is 9.69 Å². The van der Waals surface area contributed by atoms with E-state index in [1.807, 2.05) is 41.1 Å². The van der Waals surface area contributed by atoms with Crippen LogP contribution < -0.4 is 4.90 Å². The van der Waals surface area contributed by atoms with Crippen LogP contribution in [0.2, 0.25) is 10.0 Å². The number of carbonyl (C=O) groups excluding carboxylic acids is 1. The molecule has 0 fully saturated rings. The van der Waals surface area contributed by atoms with Gasteiger partial charge in [-0.25, -0.2) is 9.97 Å². The third-order valence-corrected chi connectivity index (χ3v) is 7.08. The van der Waals surface area contributed by atoms with E-state index >= 15 is 0 Å². The molecule has 1 amide bonds. The van der Waals surface area contributed by atoms with Crippen LogP contribution in [-0.2, 0) is 6.54 Å². The van der Waals surface area contributed by atoms with Gasteiger partial charge < -0.3 is 9.09 Å². The summed E-state index contributed by atoms with van der Waals surface area (Å²) >= 11 is 14.2. The first-order valence-electron chi connectivity index (χ1n) is 10.6. The summed E-state index contributed by atoms with van der Waals surface area (Å²) in [6.07, 6.45) is 6.07. The predicted molar refractivity (Wildman–Crippen MR) is 135 cm³/mol. The normalized spacial score (nSPS) is 11.3. The number of para-hydroxylation sites is 1. The van der Waals surface area contributed by atoms with Crippen molar-refractivity contribution in [2.75, 3.05) is 11.4 Å². The van der Waals surface area contributed by atoms with Crippen LogP contribution in [0.1, 0.15) is 22.5 Å². The molecule has 5 aromatic rings. The Labute approximate surface area is 209 Å². The summed E-state index contributed by atoms with van der Waals surface area (Å²) < 4.78 is 8.32. The summed E-state index contributed by atoms with van der Waals surface area (Å²) in [6, 6.07) is 12.8. The summed E-state index contributed by atoms with van der Waals surface area (Å²) in [5, 5.41) is 5.76. The Bertz CT molecular complexity index is 1460. The predicted octanol–water partition coefficient (Wildman–Crippen LogP) is 6.50. The van der Waals surface area contributed by atoms with Crippen molar-refractivity contribution in [2.24, 2.45) is 0 Å². The lowest BCUT2D eigenvalue weighted by Gasteiger charge is -2.20. The van der Waals surface area contributed by atoms with Crippen molar-refractivity contribution in [3.8, 4) is 11.3 Å². The van der Waals surface area contributed by atoms with Crippen LogP contribution in [0.3, 0.4) is 0 Å². The lowest BCUT2D eigenvalue weighted by Crippen LogP contribution is -2.33. The Balaban J connectivity index is 1.55. The lowest BCUT2D eigenvalue weighted by atomic mass is 10.1. The maximum atomic E-state index is 14.0. The summed E-state index contributed by atoms with van der Waals surface area (Å²) in [4.78, 5) is 24.4. The average Bonchev–Trinajstić information content (AvgIpc) is 3.57. The second-order valence-corrected chi connectivity index (χ2v) is 9.46. The molecule has 0 bridgehead atoms. The molecule has 0 aliphatic heterocycles. The number of aryl methyl sites for hydroxylation is 2. The van der Waals surface area contributed by atoms with Crippen LogP contribution in [0, 0.1) is 6.92 Å². The van der Waals surface area contributed by atoms with Crippen molar-refractivity contribution in [3.05, 3.63) is 82.6 Å². The third-order valence-electron chi connectivity index (χ3n) is 5.40. The molecule has 5 rings (SSSR count). The maximum absolute atomic E-state index is 14.0. The Kier molecular flexibility index (Phi) is 6.36. The van der Waals surface area contributed by atoms with E-state index in [0.717, 1.165) is 4.70 Å². The number of fused-ring (bicyclic) bond motifs is 1. The van der Waals surface area contributed by atoms with Gasteiger partial charge in [0.05, 0.1) is 21.1 Å². The largest absolute Gasteiger partial charge is 0.360 e. The molecule has 0 unspecified atom stereocenters. The van der Waals surface area contributed by atoms with E-state index in [2.05, 4.69) is 10.1 Å². The van der Waals surface area contributed by atoms with Crippen molar-refractivity contribution in [3.63, 3.8) is 0 Å². The van der Waals surface area contributed by atoms with Gasteiger partial charge in [0.25, 0.3) is 5.91 Å². The van der Waals surface area contributed by atoms with Gasteiger partial charge in [0, 0.05) is 31.0 Å². The quantitative estimate of drug-likeness (QED) is 0.249. The minimum atomic E-state index is -0.255. The number of carbonyl (C=O) groups is 1. The lowest BCUT2D eigenvalue weighted by molar-refractivity contribution is 0.0985. The van der Waals surface area contributed by atoms with Crippen LogP contribution in [0.4, 0.5) is 5.13 Å². The first-order chi connectivity index (χ1) is 16.5. The minimum absolute atomic E-state index is 0.255. The Morgan fingerprint density at radius 3 is 2.74 bits per heavy atom. The number of anilines is 1. The highest BCUT2D eigenvalue weighted by molar-refractivity contribution is 7.22. The number of rotatable bonds is 7. The molecule has 7 nitrogen and oxygen atoms in total. The molecule has 0 radical (unpaired) electrons. The molecule has 0 aliphatic carbocycles. The topological polar surface area (TPSA) is 77.0 Å². The van der Waals surface area contributed by atoms with Gasteiger partial charge in [0.2, 0.25) is 0 Å². The molecule has 0 saturated heterocycles. The third kappa shape index (κ3) is 4.32. The first-order valence-corrected chi connectivity index (χ1v) is 12.1. The van der Waals surface area contributed by atoms with Crippen LogP contribution >= 0.6 is 34.5 Å². The van der Waals surface area contributed by atoms with Crippen LogP contribution in [0.5, 0.6) is 0 Å². The van der Waals surface area contributed by atoms with Crippen LogP contribution in [0.15, 0.2) is 65.7 Å². The minimum Gasteiger partial charge on any atom is -0.360 e. The maximum Gasteiger partial charge on any atom is 0.265 e. The van der Waals surface area contributed by atoms with Gasteiger partial charge in [0.15, 0.2) is 5.13 Å². The van der Waals surface area contributed by atoms with Gasteiger partial charge in [-0.2, -0.15) is 0 Å². The number of benzene rings is 2. The van der Waals surface area contributed by atoms with Gasteiger partial charge in [0.1, 0.15) is 22.5 Å². The van der Waals surface area contributed by atoms with E-state index in [-0.39, 0.29) is 5.91 Å². The summed E-state index contributed by atoms with van der Waals surface area (Å²) in [5.41, 5.74) is 2.08. The second-order valence-electron chi connectivity index (χ2n) is 7.64. The van der Waals surface area contributed by atoms with E-state index in [0.29, 0.717) is 62.8 Å². The summed E-state index contributed by atoms with van der Waals surface area (Å²) in [5.74, 6) is 0.160. The smallest absolute Gasteiger partial charge is 0.265 e. The zero-order valence-corrected chi connectivity index (χ0v) is 20.4. The molecule has 2 aromatic carbocycles. The van der Waals surface area contributed by atoms with Gasteiger partial charge >= 0.3 is 0 Å². The monoisotopic (exact) mass is 511 g/mol. The SMILES string of the molecule is Cc1onc(-c2ccccc2Cl)c1C(=O)N(CCCn1ccnc1)c1nc2c(Cl)cccc2s1. The van der Waals surface area contributed by atoms with Gasteiger partial charge in [-0.15, -0.1) is 0 Å². The van der Waals surface area contributed by atoms with Crippen molar-refractivity contribution >= 4 is 55.8 Å². The van der Waals surface area contributed by atoms with E-state index < -0.39 is 0 Å². The standard InChI is InChI=1S/C24H19Cl2N5O2S/c1-15-20(21(29-33-15)16-6-2-3-7-17(16)25)23(32)31(12-5-11-30-13-10-27-14-30)24-28-22-18(26)8-4-9-19(22)34-24/h2-4,6-10,13-14H,5,11-12H2,1H3. The molecule has 3 aromatic heterocycles. The van der Waals surface area contributed by atoms with Crippen LogP contribution in [0.25, 0.3) is 21.5 Å². The fourth-order valence-corrected chi connectivity index (χ4v) is 5.24. The molecule has 0 aliphatic rings. The molecule has 0 N–H and O–H groups in total. The highest BCUT2D eigenvalue weighted by Crippen LogP contribution is 2.36. The second kappa shape index (κ2) is 9.58. The number of imidazole rings is 1. The number of thiazole rings is 1. The van der Waals surface area contributed by atoms with Gasteiger partial charge in [-0.05, 0) is 31.5 Å². The molecular weight excluding hydrogens is 493 g/mol. The fourth-order valence-electron chi connectivity index (χ4n) is 3.73. The fraction of sp³-hybridized carbons (Fsp3) is 0.167. The molecule has 0 saturated carbocycles. The van der Waals surface area contributed by atoms with Crippen molar-refractivity contribution in [1.29, 1.82) is 0 Å². The van der Waals surface area contributed by atoms with Gasteiger partial charge in [-0.1, -0.05) is 64.0 Å². The highest BCUT2D eigenvalue weighted by Gasteiger charge is 2.29. The number of hydrogen-bond donors (Lipinski definition) is 0. The van der Waals surface area contributed by atoms with E-state index in [9.17, 15) is 4.79 Å². The number of amides is 1. The Morgan fingerprint density at radius 1 is 1.15 bits per heavy atom. The summed E-state index contributed by atoms with van der Waals surface area (Å²) in [6.45, 7) is 2.86.